The van der Waals surface area contributed by atoms with E-state index in [0.29, 0.717) is 21.2 Å². The van der Waals surface area contributed by atoms with Gasteiger partial charge >= 0.3 is 5.97 Å². The average molecular weight is 360 g/mol. The molecule has 4 nitrogen and oxygen atoms in total. The highest BCUT2D eigenvalue weighted by atomic mass is 35.5. The van der Waals surface area contributed by atoms with Gasteiger partial charge in [0.05, 0.1) is 0 Å². The average Bonchev–Trinajstić information content (AvgIpc) is 2.47. The van der Waals surface area contributed by atoms with E-state index >= 15 is 0 Å². The maximum atomic E-state index is 12.3. The number of benzene rings is 2. The molecule has 1 unspecified atom stereocenters. The van der Waals surface area contributed by atoms with E-state index < -0.39 is 11.9 Å². The number of esters is 1. The van der Waals surface area contributed by atoms with Gasteiger partial charge < -0.3 is 10.2 Å². The fraction of sp³-hybridized carbons (Fsp3) is 0.133. The fourth-order valence-electron chi connectivity index (χ4n) is 2.12. The molecular weight excluding hydrogens is 347 g/mol. The molecule has 1 atom stereocenters. The first-order valence-corrected chi connectivity index (χ1v) is 7.59. The summed E-state index contributed by atoms with van der Waals surface area (Å²) in [6.07, 6.45) is 0. The van der Waals surface area contributed by atoms with Crippen LogP contribution in [0.4, 0.5) is 5.69 Å². The smallest absolute Gasteiger partial charge is 0.319 e. The summed E-state index contributed by atoms with van der Waals surface area (Å²) < 4.78 is 4.95. The Balaban J connectivity index is 2.47. The quantitative estimate of drug-likeness (QED) is 0.364. The molecule has 0 aromatic heterocycles. The molecule has 0 aliphatic carbocycles. The first-order chi connectivity index (χ1) is 10.5. The summed E-state index contributed by atoms with van der Waals surface area (Å²) >= 11 is 17.5. The van der Waals surface area contributed by atoms with Gasteiger partial charge in [-0.2, -0.15) is 0 Å². The number of hydrogen-bond acceptors (Lipinski definition) is 4. The summed E-state index contributed by atoms with van der Waals surface area (Å²) in [5, 5.41) is 0.873. The number of ether oxygens (including phenoxy) is 1. The van der Waals surface area contributed by atoms with Crippen LogP contribution in [0.3, 0.4) is 0 Å². The Hall–Kier alpha value is -1.46. The molecule has 22 heavy (non-hydrogen) atoms. The highest BCUT2D eigenvalue weighted by Crippen LogP contribution is 2.31. The maximum absolute atomic E-state index is 12.3. The predicted octanol–water partition coefficient (Wildman–Crippen LogP) is 4.15. The summed E-state index contributed by atoms with van der Waals surface area (Å²) in [6, 6.07) is 11.7. The van der Waals surface area contributed by atoms with Crippen molar-refractivity contribution >= 4 is 46.5 Å². The molecule has 116 valence electrons. The van der Waals surface area contributed by atoms with Crippen molar-refractivity contribution in [3.05, 3.63) is 63.6 Å². The molecule has 3 N–H and O–H groups in total. The summed E-state index contributed by atoms with van der Waals surface area (Å²) in [6.45, 7) is 0. The first-order valence-electron chi connectivity index (χ1n) is 6.30. The van der Waals surface area contributed by atoms with E-state index in [1.165, 1.54) is 0 Å². The molecule has 0 spiro atoms. The van der Waals surface area contributed by atoms with Crippen molar-refractivity contribution in [1.29, 1.82) is 0 Å². The standard InChI is InChI=1S/C15H13Cl3N2O2/c16-8-22-15(21)14(9-1-3-13(20-19)4-2-9)10-5-11(17)7-12(18)6-10/h1-7,14,20H,8,19H2. The third-order valence-electron chi connectivity index (χ3n) is 3.06. The highest BCUT2D eigenvalue weighted by Gasteiger charge is 2.25. The number of rotatable bonds is 5. The van der Waals surface area contributed by atoms with Crippen LogP contribution < -0.4 is 11.3 Å². The number of halogens is 3. The monoisotopic (exact) mass is 358 g/mol. The lowest BCUT2D eigenvalue weighted by molar-refractivity contribution is -0.142. The second-order valence-corrected chi connectivity index (χ2v) is 5.57. The van der Waals surface area contributed by atoms with Crippen LogP contribution in [0.2, 0.25) is 10.0 Å². The topological polar surface area (TPSA) is 64.3 Å². The Morgan fingerprint density at radius 3 is 2.18 bits per heavy atom. The van der Waals surface area contributed by atoms with Gasteiger partial charge in [-0.05, 0) is 41.5 Å². The zero-order valence-corrected chi connectivity index (χ0v) is 13.6. The molecule has 2 aromatic carbocycles. The molecule has 0 saturated heterocycles. The van der Waals surface area contributed by atoms with Gasteiger partial charge in [-0.25, -0.2) is 0 Å². The van der Waals surface area contributed by atoms with E-state index in [1.54, 1.807) is 42.5 Å². The Kier molecular flexibility index (Phi) is 5.91. The minimum absolute atomic E-state index is 0.230. The molecule has 0 aliphatic rings. The number of carbonyl (C=O) groups excluding carboxylic acids is 1. The van der Waals surface area contributed by atoms with Crippen LogP contribution in [0.1, 0.15) is 17.0 Å². The summed E-state index contributed by atoms with van der Waals surface area (Å²) in [7, 11) is 0. The number of nitrogens with one attached hydrogen (secondary N) is 1. The summed E-state index contributed by atoms with van der Waals surface area (Å²) in [4.78, 5) is 12.3. The van der Waals surface area contributed by atoms with Crippen molar-refractivity contribution in [3.8, 4) is 0 Å². The summed E-state index contributed by atoms with van der Waals surface area (Å²) in [5.74, 6) is 4.18. The highest BCUT2D eigenvalue weighted by molar-refractivity contribution is 6.34. The first kappa shape index (κ1) is 16.9. The van der Waals surface area contributed by atoms with Gasteiger partial charge in [-0.15, -0.1) is 0 Å². The minimum Gasteiger partial charge on any atom is -0.449 e. The minimum atomic E-state index is -0.679. The second kappa shape index (κ2) is 7.70. The van der Waals surface area contributed by atoms with Crippen LogP contribution in [0, 0.1) is 0 Å². The second-order valence-electron chi connectivity index (χ2n) is 4.47. The lowest BCUT2D eigenvalue weighted by Gasteiger charge is -2.17. The van der Waals surface area contributed by atoms with E-state index in [2.05, 4.69) is 5.43 Å². The van der Waals surface area contributed by atoms with E-state index in [0.717, 1.165) is 5.69 Å². The van der Waals surface area contributed by atoms with Crippen LogP contribution in [0.15, 0.2) is 42.5 Å². The SMILES string of the molecule is NNc1ccc(C(C(=O)OCCl)c2cc(Cl)cc(Cl)c2)cc1. The Bertz CT molecular complexity index is 642. The Morgan fingerprint density at radius 1 is 1.09 bits per heavy atom. The van der Waals surface area contributed by atoms with Gasteiger partial charge in [0.15, 0.2) is 6.07 Å². The van der Waals surface area contributed by atoms with Crippen molar-refractivity contribution in [2.45, 2.75) is 5.92 Å². The Labute approximate surface area is 143 Å². The van der Waals surface area contributed by atoms with Crippen LogP contribution in [0.25, 0.3) is 0 Å². The number of hydrogen-bond donors (Lipinski definition) is 2. The molecule has 0 fully saturated rings. The molecule has 0 aliphatic heterocycles. The number of hydrazine groups is 1. The zero-order chi connectivity index (χ0) is 16.1. The van der Waals surface area contributed by atoms with Crippen molar-refractivity contribution in [2.75, 3.05) is 11.5 Å². The Morgan fingerprint density at radius 2 is 1.68 bits per heavy atom. The van der Waals surface area contributed by atoms with Crippen molar-refractivity contribution in [1.82, 2.24) is 0 Å². The van der Waals surface area contributed by atoms with E-state index in [4.69, 9.17) is 45.4 Å². The molecule has 0 amide bonds. The number of alkyl halides is 1. The van der Waals surface area contributed by atoms with Gasteiger partial charge in [-0.3, -0.25) is 10.6 Å². The number of nitrogen functional groups attached to an aromatic ring is 1. The molecule has 0 radical (unpaired) electrons. The van der Waals surface area contributed by atoms with Gasteiger partial charge in [0, 0.05) is 15.7 Å². The van der Waals surface area contributed by atoms with Crippen molar-refractivity contribution in [3.63, 3.8) is 0 Å². The van der Waals surface area contributed by atoms with E-state index in [9.17, 15) is 4.79 Å². The van der Waals surface area contributed by atoms with Crippen LogP contribution in [-0.2, 0) is 9.53 Å². The van der Waals surface area contributed by atoms with Crippen molar-refractivity contribution < 1.29 is 9.53 Å². The van der Waals surface area contributed by atoms with E-state index in [-0.39, 0.29) is 6.07 Å². The van der Waals surface area contributed by atoms with E-state index in [1.807, 2.05) is 0 Å². The van der Waals surface area contributed by atoms with Gasteiger partial charge in [0.25, 0.3) is 0 Å². The molecule has 7 heteroatoms. The molecule has 2 rings (SSSR count). The lowest BCUT2D eigenvalue weighted by Crippen LogP contribution is -2.17. The molecule has 0 bridgehead atoms. The molecule has 0 saturated carbocycles. The van der Waals surface area contributed by atoms with Gasteiger partial charge in [0.2, 0.25) is 0 Å². The predicted molar refractivity (Wildman–Crippen MR) is 89.4 cm³/mol. The fourth-order valence-corrected chi connectivity index (χ4v) is 2.77. The summed E-state index contributed by atoms with van der Waals surface area (Å²) in [5.41, 5.74) is 4.59. The number of carbonyl (C=O) groups is 1. The maximum Gasteiger partial charge on any atom is 0.319 e. The third kappa shape index (κ3) is 4.05. The lowest BCUT2D eigenvalue weighted by atomic mass is 9.91. The van der Waals surface area contributed by atoms with Crippen LogP contribution in [0.5, 0.6) is 0 Å². The molecule has 0 heterocycles. The van der Waals surface area contributed by atoms with Crippen LogP contribution >= 0.6 is 34.8 Å². The number of nitrogens with two attached hydrogens (primary N) is 1. The van der Waals surface area contributed by atoms with Crippen molar-refractivity contribution in [2.24, 2.45) is 5.84 Å². The third-order valence-corrected chi connectivity index (χ3v) is 3.61. The van der Waals surface area contributed by atoms with Crippen LogP contribution in [-0.4, -0.2) is 12.0 Å². The molecular formula is C15H13Cl3N2O2. The zero-order valence-electron chi connectivity index (χ0n) is 11.4. The largest absolute Gasteiger partial charge is 0.449 e. The van der Waals surface area contributed by atoms with Gasteiger partial charge in [-0.1, -0.05) is 46.9 Å². The number of anilines is 1. The normalized spacial score (nSPS) is 11.8. The van der Waals surface area contributed by atoms with Gasteiger partial charge in [0.1, 0.15) is 5.92 Å². The molecule has 2 aromatic rings.